The molecule has 0 bridgehead atoms. The third-order valence-electron chi connectivity index (χ3n) is 2.66. The van der Waals surface area contributed by atoms with Crippen LogP contribution in [0.1, 0.15) is 30.9 Å². The van der Waals surface area contributed by atoms with Crippen molar-refractivity contribution in [1.82, 2.24) is 4.98 Å². The molecular weight excluding hydrogens is 186 g/mol. The van der Waals surface area contributed by atoms with Gasteiger partial charge in [-0.2, -0.15) is 0 Å². The second kappa shape index (κ2) is 3.54. The second-order valence-electron chi connectivity index (χ2n) is 3.80. The van der Waals surface area contributed by atoms with E-state index >= 15 is 0 Å². The molecule has 0 unspecified atom stereocenters. The molecule has 0 saturated heterocycles. The lowest BCUT2D eigenvalue weighted by Crippen LogP contribution is -1.89. The van der Waals surface area contributed by atoms with Crippen molar-refractivity contribution >= 4 is 16.5 Å². The van der Waals surface area contributed by atoms with E-state index in [9.17, 15) is 0 Å². The van der Waals surface area contributed by atoms with Gasteiger partial charge in [0, 0.05) is 17.1 Å². The standard InChI is InChI=1S/C13H15NO/c1-5-10-9(4)15-11-6-7-14-13(8(2)3)12(10)11/h6-7H,2,5H2,1,3-4H3. The van der Waals surface area contributed by atoms with Crippen molar-refractivity contribution in [3.8, 4) is 0 Å². The molecule has 0 aliphatic carbocycles. The smallest absolute Gasteiger partial charge is 0.138 e. The fourth-order valence-corrected chi connectivity index (χ4v) is 1.97. The summed E-state index contributed by atoms with van der Waals surface area (Å²) < 4.78 is 5.70. The molecule has 0 amide bonds. The summed E-state index contributed by atoms with van der Waals surface area (Å²) in [6.07, 6.45) is 2.74. The van der Waals surface area contributed by atoms with Gasteiger partial charge in [0.15, 0.2) is 0 Å². The zero-order valence-corrected chi connectivity index (χ0v) is 9.42. The van der Waals surface area contributed by atoms with Gasteiger partial charge >= 0.3 is 0 Å². The van der Waals surface area contributed by atoms with Gasteiger partial charge in [0.25, 0.3) is 0 Å². The molecule has 2 aromatic rings. The number of nitrogens with zero attached hydrogens (tertiary/aromatic N) is 1. The summed E-state index contributed by atoms with van der Waals surface area (Å²) in [4.78, 5) is 4.37. The van der Waals surface area contributed by atoms with Gasteiger partial charge in [0.2, 0.25) is 0 Å². The molecule has 78 valence electrons. The highest BCUT2D eigenvalue weighted by Gasteiger charge is 2.13. The molecule has 0 N–H and O–H groups in total. The lowest BCUT2D eigenvalue weighted by atomic mass is 10.0. The van der Waals surface area contributed by atoms with Crippen LogP contribution in [0, 0.1) is 6.92 Å². The van der Waals surface area contributed by atoms with Crippen LogP contribution < -0.4 is 0 Å². The number of allylic oxidation sites excluding steroid dienone is 1. The molecular formula is C13H15NO. The SMILES string of the molecule is C=C(C)c1nccc2oc(C)c(CC)c12. The Bertz CT molecular complexity index is 523. The zero-order valence-electron chi connectivity index (χ0n) is 9.42. The Balaban J connectivity index is 2.87. The van der Waals surface area contributed by atoms with Gasteiger partial charge in [-0.1, -0.05) is 13.5 Å². The van der Waals surface area contributed by atoms with Crippen LogP contribution in [0.2, 0.25) is 0 Å². The summed E-state index contributed by atoms with van der Waals surface area (Å²) >= 11 is 0. The van der Waals surface area contributed by atoms with Gasteiger partial charge in [-0.05, 0) is 31.9 Å². The molecule has 0 fully saturated rings. The van der Waals surface area contributed by atoms with E-state index < -0.39 is 0 Å². The third kappa shape index (κ3) is 1.46. The Kier molecular flexibility index (Phi) is 2.35. The van der Waals surface area contributed by atoms with Crippen LogP contribution in [-0.2, 0) is 6.42 Å². The first-order valence-corrected chi connectivity index (χ1v) is 5.18. The van der Waals surface area contributed by atoms with E-state index in [2.05, 4.69) is 18.5 Å². The lowest BCUT2D eigenvalue weighted by Gasteiger charge is -2.01. The molecule has 0 aliphatic rings. The van der Waals surface area contributed by atoms with E-state index in [0.717, 1.165) is 34.4 Å². The van der Waals surface area contributed by atoms with Crippen molar-refractivity contribution in [2.75, 3.05) is 0 Å². The predicted molar refractivity (Wildman–Crippen MR) is 62.8 cm³/mol. The van der Waals surface area contributed by atoms with Gasteiger partial charge in [-0.3, -0.25) is 4.98 Å². The zero-order chi connectivity index (χ0) is 11.0. The first kappa shape index (κ1) is 9.97. The molecule has 0 atom stereocenters. The molecule has 0 radical (unpaired) electrons. The highest BCUT2D eigenvalue weighted by Crippen LogP contribution is 2.30. The molecule has 0 aromatic carbocycles. The van der Waals surface area contributed by atoms with Gasteiger partial charge in [0.05, 0.1) is 5.69 Å². The Hall–Kier alpha value is -1.57. The van der Waals surface area contributed by atoms with Gasteiger partial charge in [0.1, 0.15) is 11.3 Å². The summed E-state index contributed by atoms with van der Waals surface area (Å²) in [5.41, 5.74) is 4.10. The normalized spacial score (nSPS) is 10.9. The first-order valence-electron chi connectivity index (χ1n) is 5.18. The second-order valence-corrected chi connectivity index (χ2v) is 3.80. The van der Waals surface area contributed by atoms with Crippen molar-refractivity contribution in [2.24, 2.45) is 0 Å². The topological polar surface area (TPSA) is 26.0 Å². The van der Waals surface area contributed by atoms with E-state index in [4.69, 9.17) is 4.42 Å². The van der Waals surface area contributed by atoms with Crippen LogP contribution in [0.15, 0.2) is 23.3 Å². The molecule has 2 aromatic heterocycles. The average molecular weight is 201 g/mol. The van der Waals surface area contributed by atoms with E-state index in [1.807, 2.05) is 19.9 Å². The Morgan fingerprint density at radius 1 is 1.53 bits per heavy atom. The summed E-state index contributed by atoms with van der Waals surface area (Å²) in [6, 6.07) is 1.91. The molecule has 15 heavy (non-hydrogen) atoms. The average Bonchev–Trinajstić information content (AvgIpc) is 2.52. The maximum atomic E-state index is 5.70. The van der Waals surface area contributed by atoms with Crippen LogP contribution in [0.25, 0.3) is 16.5 Å². The minimum Gasteiger partial charge on any atom is -0.461 e. The lowest BCUT2D eigenvalue weighted by molar-refractivity contribution is 0.572. The molecule has 2 heterocycles. The molecule has 0 saturated carbocycles. The summed E-state index contributed by atoms with van der Waals surface area (Å²) in [5, 5.41) is 1.13. The van der Waals surface area contributed by atoms with Gasteiger partial charge in [-0.15, -0.1) is 0 Å². The number of aryl methyl sites for hydroxylation is 2. The molecule has 2 heteroatoms. The van der Waals surface area contributed by atoms with Crippen LogP contribution in [0.5, 0.6) is 0 Å². The Morgan fingerprint density at radius 3 is 2.87 bits per heavy atom. The number of fused-ring (bicyclic) bond motifs is 1. The number of hydrogen-bond acceptors (Lipinski definition) is 2. The van der Waals surface area contributed by atoms with Crippen LogP contribution in [0.4, 0.5) is 0 Å². The van der Waals surface area contributed by atoms with Crippen molar-refractivity contribution in [3.63, 3.8) is 0 Å². The quantitative estimate of drug-likeness (QED) is 0.739. The van der Waals surface area contributed by atoms with E-state index in [1.165, 1.54) is 5.56 Å². The van der Waals surface area contributed by atoms with Crippen molar-refractivity contribution in [1.29, 1.82) is 0 Å². The molecule has 0 spiro atoms. The predicted octanol–water partition coefficient (Wildman–Crippen LogP) is 3.73. The van der Waals surface area contributed by atoms with Crippen LogP contribution in [0.3, 0.4) is 0 Å². The monoisotopic (exact) mass is 201 g/mol. The van der Waals surface area contributed by atoms with Crippen molar-refractivity contribution < 1.29 is 4.42 Å². The number of rotatable bonds is 2. The number of hydrogen-bond donors (Lipinski definition) is 0. The molecule has 2 rings (SSSR count). The summed E-state index contributed by atoms with van der Waals surface area (Å²) in [6.45, 7) is 10.1. The molecule has 0 aliphatic heterocycles. The maximum absolute atomic E-state index is 5.70. The highest BCUT2D eigenvalue weighted by atomic mass is 16.3. The fourth-order valence-electron chi connectivity index (χ4n) is 1.97. The maximum Gasteiger partial charge on any atom is 0.138 e. The van der Waals surface area contributed by atoms with E-state index in [-0.39, 0.29) is 0 Å². The minimum atomic E-state index is 0.914. The number of aromatic nitrogens is 1. The van der Waals surface area contributed by atoms with Gasteiger partial charge < -0.3 is 4.42 Å². The Morgan fingerprint density at radius 2 is 2.27 bits per heavy atom. The van der Waals surface area contributed by atoms with E-state index in [0.29, 0.717) is 0 Å². The van der Waals surface area contributed by atoms with Crippen LogP contribution in [-0.4, -0.2) is 4.98 Å². The van der Waals surface area contributed by atoms with Crippen molar-refractivity contribution in [2.45, 2.75) is 27.2 Å². The first-order chi connectivity index (χ1) is 7.15. The largest absolute Gasteiger partial charge is 0.461 e. The van der Waals surface area contributed by atoms with E-state index in [1.54, 1.807) is 6.20 Å². The summed E-state index contributed by atoms with van der Waals surface area (Å²) in [5.74, 6) is 0.989. The number of furan rings is 1. The molecule has 2 nitrogen and oxygen atoms in total. The highest BCUT2D eigenvalue weighted by molar-refractivity contribution is 5.91. The summed E-state index contributed by atoms with van der Waals surface area (Å²) in [7, 11) is 0. The minimum absolute atomic E-state index is 0.914. The number of pyridine rings is 1. The van der Waals surface area contributed by atoms with Crippen molar-refractivity contribution in [3.05, 3.63) is 35.9 Å². The van der Waals surface area contributed by atoms with Gasteiger partial charge in [-0.25, -0.2) is 0 Å². The van der Waals surface area contributed by atoms with Crippen LogP contribution >= 0.6 is 0 Å². The Labute approximate surface area is 89.6 Å². The third-order valence-corrected chi connectivity index (χ3v) is 2.66. The fraction of sp³-hybridized carbons (Fsp3) is 0.308.